The molecule has 1 fully saturated rings. The highest BCUT2D eigenvalue weighted by Gasteiger charge is 2.34. The number of aromatic nitrogens is 1. The van der Waals surface area contributed by atoms with Gasteiger partial charge in [0.2, 0.25) is 0 Å². The van der Waals surface area contributed by atoms with Crippen molar-refractivity contribution in [1.82, 2.24) is 4.98 Å². The second kappa shape index (κ2) is 4.33. The Morgan fingerprint density at radius 3 is 2.53 bits per heavy atom. The summed E-state index contributed by atoms with van der Waals surface area (Å²) in [4.78, 5) is 6.23. The molecule has 1 aromatic rings. The van der Waals surface area contributed by atoms with Crippen molar-refractivity contribution in [3.63, 3.8) is 0 Å². The standard InChI is InChI=1S/C13H14F2N2/c1-3-11-4-5-12(16-10(11)2)17-8-6-13(14,15)7-9-17/h1,4-5H,6-9H2,2H3. The second-order valence-electron chi connectivity index (χ2n) is 4.29. The summed E-state index contributed by atoms with van der Waals surface area (Å²) in [5.41, 5.74) is 1.51. The predicted octanol–water partition coefficient (Wildman–Crippen LogP) is 2.61. The van der Waals surface area contributed by atoms with E-state index < -0.39 is 5.92 Å². The number of nitrogens with zero attached hydrogens (tertiary/aromatic N) is 2. The highest BCUT2D eigenvalue weighted by Crippen LogP contribution is 2.29. The van der Waals surface area contributed by atoms with Gasteiger partial charge >= 0.3 is 0 Å². The van der Waals surface area contributed by atoms with Crippen LogP contribution in [0, 0.1) is 19.3 Å². The van der Waals surface area contributed by atoms with Crippen molar-refractivity contribution < 1.29 is 8.78 Å². The quantitative estimate of drug-likeness (QED) is 0.697. The number of piperidine rings is 1. The van der Waals surface area contributed by atoms with E-state index in [4.69, 9.17) is 6.42 Å². The lowest BCUT2D eigenvalue weighted by atomic mass is 10.1. The molecular weight excluding hydrogens is 222 g/mol. The summed E-state index contributed by atoms with van der Waals surface area (Å²) in [6.07, 6.45) is 5.10. The van der Waals surface area contributed by atoms with E-state index in [9.17, 15) is 8.78 Å². The average Bonchev–Trinajstić information content (AvgIpc) is 2.29. The molecule has 0 unspecified atom stereocenters. The Labute approximate surface area is 99.7 Å². The number of pyridine rings is 1. The predicted molar refractivity (Wildman–Crippen MR) is 63.3 cm³/mol. The van der Waals surface area contributed by atoms with Crippen LogP contribution in [0.3, 0.4) is 0 Å². The summed E-state index contributed by atoms with van der Waals surface area (Å²) in [6.45, 7) is 2.51. The van der Waals surface area contributed by atoms with Crippen molar-refractivity contribution in [3.8, 4) is 12.3 Å². The first-order valence-electron chi connectivity index (χ1n) is 5.59. The molecule has 0 aliphatic carbocycles. The molecule has 2 heterocycles. The molecule has 0 bridgehead atoms. The molecule has 1 aliphatic heterocycles. The number of alkyl halides is 2. The zero-order valence-electron chi connectivity index (χ0n) is 9.71. The summed E-state index contributed by atoms with van der Waals surface area (Å²) in [5, 5.41) is 0. The Balaban J connectivity index is 2.14. The Hall–Kier alpha value is -1.63. The third kappa shape index (κ3) is 2.55. The van der Waals surface area contributed by atoms with E-state index in [1.165, 1.54) is 0 Å². The monoisotopic (exact) mass is 236 g/mol. The molecule has 0 N–H and O–H groups in total. The summed E-state index contributed by atoms with van der Waals surface area (Å²) in [5.74, 6) is 0.747. The molecule has 2 nitrogen and oxygen atoms in total. The van der Waals surface area contributed by atoms with Gasteiger partial charge in [-0.1, -0.05) is 5.92 Å². The number of halogens is 2. The van der Waals surface area contributed by atoms with Gasteiger partial charge < -0.3 is 4.90 Å². The van der Waals surface area contributed by atoms with Gasteiger partial charge in [-0.3, -0.25) is 0 Å². The highest BCUT2D eigenvalue weighted by molar-refractivity contribution is 5.46. The molecule has 0 spiro atoms. The number of rotatable bonds is 1. The fourth-order valence-electron chi connectivity index (χ4n) is 1.94. The van der Waals surface area contributed by atoms with E-state index in [1.54, 1.807) is 6.07 Å². The molecule has 0 radical (unpaired) electrons. The van der Waals surface area contributed by atoms with Crippen molar-refractivity contribution >= 4 is 5.82 Å². The molecule has 90 valence electrons. The van der Waals surface area contributed by atoms with Crippen molar-refractivity contribution in [2.24, 2.45) is 0 Å². The normalized spacial score (nSPS) is 18.8. The maximum atomic E-state index is 13.0. The van der Waals surface area contributed by atoms with Crippen LogP contribution in [-0.2, 0) is 0 Å². The number of anilines is 1. The molecule has 0 aromatic carbocycles. The van der Waals surface area contributed by atoms with Crippen LogP contribution in [0.2, 0.25) is 0 Å². The third-order valence-electron chi connectivity index (χ3n) is 3.05. The molecule has 17 heavy (non-hydrogen) atoms. The summed E-state index contributed by atoms with van der Waals surface area (Å²) in [7, 11) is 0. The van der Waals surface area contributed by atoms with E-state index >= 15 is 0 Å². The van der Waals surface area contributed by atoms with E-state index in [2.05, 4.69) is 10.9 Å². The molecule has 2 rings (SSSR count). The zero-order chi connectivity index (χ0) is 12.5. The molecule has 1 saturated heterocycles. The van der Waals surface area contributed by atoms with Crippen LogP contribution >= 0.6 is 0 Å². The van der Waals surface area contributed by atoms with Gasteiger partial charge in [-0.05, 0) is 19.1 Å². The van der Waals surface area contributed by atoms with Gasteiger partial charge in [0.25, 0.3) is 5.92 Å². The van der Waals surface area contributed by atoms with Crippen LogP contribution in [0.4, 0.5) is 14.6 Å². The lowest BCUT2D eigenvalue weighted by Crippen LogP contribution is -2.39. The van der Waals surface area contributed by atoms with Crippen LogP contribution in [0.25, 0.3) is 0 Å². The zero-order valence-corrected chi connectivity index (χ0v) is 9.71. The average molecular weight is 236 g/mol. The van der Waals surface area contributed by atoms with Crippen molar-refractivity contribution in [1.29, 1.82) is 0 Å². The SMILES string of the molecule is C#Cc1ccc(N2CCC(F)(F)CC2)nc1C. The molecule has 1 aliphatic rings. The number of aryl methyl sites for hydroxylation is 1. The summed E-state index contributed by atoms with van der Waals surface area (Å²) >= 11 is 0. The first-order valence-corrected chi connectivity index (χ1v) is 5.59. The lowest BCUT2D eigenvalue weighted by Gasteiger charge is -2.32. The minimum atomic E-state index is -2.52. The van der Waals surface area contributed by atoms with E-state index in [0.717, 1.165) is 17.1 Å². The Morgan fingerprint density at radius 2 is 2.00 bits per heavy atom. The maximum absolute atomic E-state index is 13.0. The van der Waals surface area contributed by atoms with Crippen LogP contribution in [0.5, 0.6) is 0 Å². The van der Waals surface area contributed by atoms with Crippen molar-refractivity contribution in [3.05, 3.63) is 23.4 Å². The topological polar surface area (TPSA) is 16.1 Å². The van der Waals surface area contributed by atoms with Crippen molar-refractivity contribution in [2.45, 2.75) is 25.7 Å². The summed E-state index contributed by atoms with van der Waals surface area (Å²) < 4.78 is 26.0. The van der Waals surface area contributed by atoms with Crippen LogP contribution in [0.1, 0.15) is 24.1 Å². The molecule has 4 heteroatoms. The van der Waals surface area contributed by atoms with E-state index in [-0.39, 0.29) is 12.8 Å². The smallest absolute Gasteiger partial charge is 0.251 e. The molecule has 1 aromatic heterocycles. The highest BCUT2D eigenvalue weighted by atomic mass is 19.3. The second-order valence-corrected chi connectivity index (χ2v) is 4.29. The Bertz CT molecular complexity index is 453. The molecule has 0 saturated carbocycles. The van der Waals surface area contributed by atoms with Gasteiger partial charge in [0.15, 0.2) is 0 Å². The van der Waals surface area contributed by atoms with E-state index in [1.807, 2.05) is 17.9 Å². The van der Waals surface area contributed by atoms with Gasteiger partial charge in [0.05, 0.1) is 5.69 Å². The maximum Gasteiger partial charge on any atom is 0.251 e. The van der Waals surface area contributed by atoms with Gasteiger partial charge in [-0.15, -0.1) is 6.42 Å². The number of hydrogen-bond acceptors (Lipinski definition) is 2. The Kier molecular flexibility index (Phi) is 3.01. The lowest BCUT2D eigenvalue weighted by molar-refractivity contribution is -0.0221. The van der Waals surface area contributed by atoms with Gasteiger partial charge in [-0.2, -0.15) is 0 Å². The first-order chi connectivity index (χ1) is 8.02. The minimum absolute atomic E-state index is 0.107. The largest absolute Gasteiger partial charge is 0.356 e. The van der Waals surface area contributed by atoms with E-state index in [0.29, 0.717) is 13.1 Å². The number of hydrogen-bond donors (Lipinski definition) is 0. The van der Waals surface area contributed by atoms with Gasteiger partial charge in [0.1, 0.15) is 5.82 Å². The summed E-state index contributed by atoms with van der Waals surface area (Å²) in [6, 6.07) is 3.61. The van der Waals surface area contributed by atoms with Crippen LogP contribution < -0.4 is 4.90 Å². The molecular formula is C13H14F2N2. The Morgan fingerprint density at radius 1 is 1.35 bits per heavy atom. The molecule has 0 amide bonds. The molecule has 0 atom stereocenters. The van der Waals surface area contributed by atoms with Gasteiger partial charge in [0, 0.05) is 31.5 Å². The van der Waals surface area contributed by atoms with Crippen LogP contribution in [-0.4, -0.2) is 24.0 Å². The minimum Gasteiger partial charge on any atom is -0.356 e. The fraction of sp³-hybridized carbons (Fsp3) is 0.462. The van der Waals surface area contributed by atoms with Crippen LogP contribution in [0.15, 0.2) is 12.1 Å². The first kappa shape index (κ1) is 11.8. The number of terminal acetylenes is 1. The fourth-order valence-corrected chi connectivity index (χ4v) is 1.94. The van der Waals surface area contributed by atoms with Crippen molar-refractivity contribution in [2.75, 3.05) is 18.0 Å². The van der Waals surface area contributed by atoms with Gasteiger partial charge in [-0.25, -0.2) is 13.8 Å². The third-order valence-corrected chi connectivity index (χ3v) is 3.05.